The van der Waals surface area contributed by atoms with E-state index in [1.54, 1.807) is 18.6 Å². The van der Waals surface area contributed by atoms with E-state index in [0.29, 0.717) is 19.0 Å². The number of carbonyl (C=O) groups is 1. The zero-order valence-electron chi connectivity index (χ0n) is 15.3. The second-order valence-electron chi connectivity index (χ2n) is 6.65. The molecule has 1 amide bonds. The van der Waals surface area contributed by atoms with Gasteiger partial charge in [0, 0.05) is 51.0 Å². The fourth-order valence-electron chi connectivity index (χ4n) is 3.31. The third kappa shape index (κ3) is 5.02. The fraction of sp³-hybridized carbons (Fsp3) is 0.450. The lowest BCUT2D eigenvalue weighted by Gasteiger charge is -2.34. The van der Waals surface area contributed by atoms with Gasteiger partial charge in [0.15, 0.2) is 0 Å². The quantitative estimate of drug-likeness (QED) is 0.824. The Balaban J connectivity index is 1.41. The molecule has 0 bridgehead atoms. The van der Waals surface area contributed by atoms with Crippen molar-refractivity contribution in [1.82, 2.24) is 20.2 Å². The zero-order chi connectivity index (χ0) is 18.2. The van der Waals surface area contributed by atoms with E-state index in [1.807, 2.05) is 6.07 Å². The lowest BCUT2D eigenvalue weighted by Crippen LogP contribution is -2.50. The van der Waals surface area contributed by atoms with Crippen LogP contribution >= 0.6 is 0 Å². The summed E-state index contributed by atoms with van der Waals surface area (Å²) >= 11 is 0. The van der Waals surface area contributed by atoms with Crippen molar-refractivity contribution in [2.45, 2.75) is 19.3 Å². The van der Waals surface area contributed by atoms with Gasteiger partial charge in [-0.2, -0.15) is 0 Å². The average molecular weight is 353 g/mol. The maximum atomic E-state index is 12.3. The molecule has 3 rings (SSSR count). The van der Waals surface area contributed by atoms with Gasteiger partial charge in [0.2, 0.25) is 5.91 Å². The third-order valence-electron chi connectivity index (χ3n) is 4.92. The maximum Gasteiger partial charge on any atom is 0.234 e. The van der Waals surface area contributed by atoms with Gasteiger partial charge in [0.05, 0.1) is 12.7 Å². The van der Waals surface area contributed by atoms with Gasteiger partial charge in [-0.1, -0.05) is 37.3 Å². The van der Waals surface area contributed by atoms with Crippen molar-refractivity contribution >= 4 is 11.7 Å². The molecule has 1 aromatic carbocycles. The van der Waals surface area contributed by atoms with Crippen LogP contribution in [0.1, 0.15) is 24.8 Å². The standard InChI is InChI=1S/C20H27N5O/c1-2-17(18-6-4-3-5-7-18)14-23-20(26)16-24-10-12-25(13-11-24)19-15-21-8-9-22-19/h3-9,15,17H,2,10-14,16H2,1H3,(H,23,26)/t17-/m0/s1. The molecule has 2 heterocycles. The van der Waals surface area contributed by atoms with Crippen LogP contribution in [0.4, 0.5) is 5.82 Å². The molecule has 6 heteroatoms. The van der Waals surface area contributed by atoms with Crippen LogP contribution in [0.3, 0.4) is 0 Å². The zero-order valence-corrected chi connectivity index (χ0v) is 15.3. The Morgan fingerprint density at radius 1 is 1.15 bits per heavy atom. The van der Waals surface area contributed by atoms with Crippen molar-refractivity contribution in [2.75, 3.05) is 44.2 Å². The number of aromatic nitrogens is 2. The molecule has 0 saturated carbocycles. The Hall–Kier alpha value is -2.47. The summed E-state index contributed by atoms with van der Waals surface area (Å²) in [7, 11) is 0. The first-order chi connectivity index (χ1) is 12.8. The molecule has 1 aliphatic rings. The molecule has 26 heavy (non-hydrogen) atoms. The summed E-state index contributed by atoms with van der Waals surface area (Å²) in [5.41, 5.74) is 1.29. The SMILES string of the molecule is CC[C@@H](CNC(=O)CN1CCN(c2cnccn2)CC1)c1ccccc1. The number of rotatable bonds is 7. The third-order valence-corrected chi connectivity index (χ3v) is 4.92. The molecule has 2 aromatic rings. The minimum atomic E-state index is 0.104. The van der Waals surface area contributed by atoms with Gasteiger partial charge < -0.3 is 10.2 Å². The molecule has 6 nitrogen and oxygen atoms in total. The molecule has 0 radical (unpaired) electrons. The highest BCUT2D eigenvalue weighted by Crippen LogP contribution is 2.18. The molecule has 138 valence electrons. The van der Waals surface area contributed by atoms with E-state index in [2.05, 4.69) is 56.3 Å². The lowest BCUT2D eigenvalue weighted by molar-refractivity contribution is -0.122. The van der Waals surface area contributed by atoms with Crippen molar-refractivity contribution in [1.29, 1.82) is 0 Å². The van der Waals surface area contributed by atoms with E-state index in [9.17, 15) is 4.79 Å². The van der Waals surface area contributed by atoms with Crippen LogP contribution in [0.5, 0.6) is 0 Å². The molecule has 1 fully saturated rings. The smallest absolute Gasteiger partial charge is 0.234 e. The number of nitrogens with zero attached hydrogens (tertiary/aromatic N) is 4. The molecular formula is C20H27N5O. The van der Waals surface area contributed by atoms with Crippen LogP contribution < -0.4 is 10.2 Å². The molecule has 1 N–H and O–H groups in total. The highest BCUT2D eigenvalue weighted by molar-refractivity contribution is 5.78. The summed E-state index contributed by atoms with van der Waals surface area (Å²) in [6.07, 6.45) is 6.20. The highest BCUT2D eigenvalue weighted by Gasteiger charge is 2.20. The van der Waals surface area contributed by atoms with Crippen molar-refractivity contribution < 1.29 is 4.79 Å². The Morgan fingerprint density at radius 2 is 1.92 bits per heavy atom. The number of nitrogens with one attached hydrogen (secondary N) is 1. The predicted molar refractivity (Wildman–Crippen MR) is 103 cm³/mol. The van der Waals surface area contributed by atoms with E-state index in [-0.39, 0.29) is 5.91 Å². The molecule has 0 spiro atoms. The molecule has 0 aliphatic carbocycles. The van der Waals surface area contributed by atoms with Crippen molar-refractivity contribution in [2.24, 2.45) is 0 Å². The van der Waals surface area contributed by atoms with Gasteiger partial charge in [-0.05, 0) is 12.0 Å². The maximum absolute atomic E-state index is 12.3. The van der Waals surface area contributed by atoms with Gasteiger partial charge in [-0.15, -0.1) is 0 Å². The monoisotopic (exact) mass is 353 g/mol. The molecule has 1 aromatic heterocycles. The van der Waals surface area contributed by atoms with Crippen LogP contribution in [0.15, 0.2) is 48.9 Å². The predicted octanol–water partition coefficient (Wildman–Crippen LogP) is 1.91. The van der Waals surface area contributed by atoms with Gasteiger partial charge in [-0.25, -0.2) is 4.98 Å². The second-order valence-corrected chi connectivity index (χ2v) is 6.65. The highest BCUT2D eigenvalue weighted by atomic mass is 16.2. The Labute approximate surface area is 155 Å². The number of hydrogen-bond acceptors (Lipinski definition) is 5. The van der Waals surface area contributed by atoms with Crippen LogP contribution in [0.25, 0.3) is 0 Å². The van der Waals surface area contributed by atoms with E-state index < -0.39 is 0 Å². The van der Waals surface area contributed by atoms with Crippen LogP contribution in [-0.2, 0) is 4.79 Å². The van der Waals surface area contributed by atoms with Crippen molar-refractivity contribution in [3.05, 3.63) is 54.5 Å². The Bertz CT molecular complexity index is 671. The molecule has 1 aliphatic heterocycles. The van der Waals surface area contributed by atoms with Gasteiger partial charge in [0.25, 0.3) is 0 Å². The number of piperazine rings is 1. The Kier molecular flexibility index (Phi) is 6.55. The van der Waals surface area contributed by atoms with E-state index in [1.165, 1.54) is 5.56 Å². The second kappa shape index (κ2) is 9.29. The summed E-state index contributed by atoms with van der Waals surface area (Å²) in [5.74, 6) is 1.38. The summed E-state index contributed by atoms with van der Waals surface area (Å²) < 4.78 is 0. The van der Waals surface area contributed by atoms with Gasteiger partial charge >= 0.3 is 0 Å². The first-order valence-corrected chi connectivity index (χ1v) is 9.31. The van der Waals surface area contributed by atoms with Gasteiger partial charge in [0.1, 0.15) is 5.82 Å². The van der Waals surface area contributed by atoms with E-state index >= 15 is 0 Å². The fourth-order valence-corrected chi connectivity index (χ4v) is 3.31. The number of benzene rings is 1. The molecule has 1 atom stereocenters. The molecule has 1 saturated heterocycles. The summed E-state index contributed by atoms with van der Waals surface area (Å²) in [6.45, 7) is 6.77. The minimum Gasteiger partial charge on any atom is -0.354 e. The first kappa shape index (κ1) is 18.3. The molecule has 0 unspecified atom stereocenters. The van der Waals surface area contributed by atoms with Crippen LogP contribution in [-0.4, -0.2) is 60.0 Å². The number of carbonyl (C=O) groups excluding carboxylic acids is 1. The number of amides is 1. The summed E-state index contributed by atoms with van der Waals surface area (Å²) in [4.78, 5) is 25.2. The number of hydrogen-bond donors (Lipinski definition) is 1. The van der Waals surface area contributed by atoms with E-state index in [0.717, 1.165) is 38.4 Å². The minimum absolute atomic E-state index is 0.104. The summed E-state index contributed by atoms with van der Waals surface area (Å²) in [5, 5.41) is 3.11. The van der Waals surface area contributed by atoms with Gasteiger partial charge in [-0.3, -0.25) is 14.7 Å². The van der Waals surface area contributed by atoms with Crippen molar-refractivity contribution in [3.8, 4) is 0 Å². The topological polar surface area (TPSA) is 61.4 Å². The Morgan fingerprint density at radius 3 is 2.58 bits per heavy atom. The van der Waals surface area contributed by atoms with Crippen LogP contribution in [0.2, 0.25) is 0 Å². The average Bonchev–Trinajstić information content (AvgIpc) is 2.70. The van der Waals surface area contributed by atoms with Crippen molar-refractivity contribution in [3.63, 3.8) is 0 Å². The van der Waals surface area contributed by atoms with E-state index in [4.69, 9.17) is 0 Å². The normalized spacial score (nSPS) is 16.3. The van der Waals surface area contributed by atoms with Crippen LogP contribution in [0, 0.1) is 0 Å². The molecular weight excluding hydrogens is 326 g/mol. The lowest BCUT2D eigenvalue weighted by atomic mass is 9.96. The number of anilines is 1. The summed E-state index contributed by atoms with van der Waals surface area (Å²) in [6, 6.07) is 10.4. The first-order valence-electron chi connectivity index (χ1n) is 9.31. The largest absolute Gasteiger partial charge is 0.354 e.